The average Bonchev–Trinajstić information content (AvgIpc) is 2.96. The van der Waals surface area contributed by atoms with Crippen molar-refractivity contribution in [3.05, 3.63) is 45.6 Å². The van der Waals surface area contributed by atoms with Crippen LogP contribution in [0.4, 0.5) is 5.82 Å². The summed E-state index contributed by atoms with van der Waals surface area (Å²) in [7, 11) is 0. The minimum absolute atomic E-state index is 0.154. The van der Waals surface area contributed by atoms with Gasteiger partial charge in [-0.3, -0.25) is 5.10 Å². The third kappa shape index (κ3) is 2.31. The molecular formula is C16H14Cl2N4. The molecule has 0 spiro atoms. The Balaban J connectivity index is 2.24. The molecule has 112 valence electrons. The summed E-state index contributed by atoms with van der Waals surface area (Å²) < 4.78 is 0. The number of hydrogen-bond acceptors (Lipinski definition) is 3. The van der Waals surface area contributed by atoms with Crippen molar-refractivity contribution < 1.29 is 0 Å². The number of nitrogens with zero attached hydrogens (tertiary/aromatic N) is 3. The lowest BCUT2D eigenvalue weighted by Gasteiger charge is -2.29. The number of aromatic amines is 1. The minimum Gasteiger partial charge on any atom is -0.261 e. The standard InChI is InChI=1S/C16H14Cl2N4/c1-8(2)15-10(6-19)13(11-7-20-22-16(11)21-15)9-4-3-5-12(17)14(9)18/h3-5,7-8,10,13H,1-2H3,(H,20,22). The van der Waals surface area contributed by atoms with Crippen molar-refractivity contribution in [2.45, 2.75) is 19.8 Å². The molecule has 3 rings (SSSR count). The Kier molecular flexibility index (Phi) is 3.94. The van der Waals surface area contributed by atoms with Gasteiger partial charge in [-0.25, -0.2) is 4.99 Å². The van der Waals surface area contributed by atoms with Crippen LogP contribution in [0.2, 0.25) is 10.0 Å². The van der Waals surface area contributed by atoms with Gasteiger partial charge in [0.05, 0.1) is 28.2 Å². The first kappa shape index (κ1) is 15.1. The molecule has 0 aliphatic carbocycles. The van der Waals surface area contributed by atoms with Crippen molar-refractivity contribution in [3.63, 3.8) is 0 Å². The maximum Gasteiger partial charge on any atom is 0.151 e. The Morgan fingerprint density at radius 1 is 1.27 bits per heavy atom. The van der Waals surface area contributed by atoms with Crippen molar-refractivity contribution >= 4 is 34.7 Å². The summed E-state index contributed by atoms with van der Waals surface area (Å²) in [6.07, 6.45) is 1.71. The van der Waals surface area contributed by atoms with Gasteiger partial charge in [-0.1, -0.05) is 49.2 Å². The summed E-state index contributed by atoms with van der Waals surface area (Å²) in [5, 5.41) is 17.7. The van der Waals surface area contributed by atoms with Gasteiger partial charge in [0, 0.05) is 17.2 Å². The van der Waals surface area contributed by atoms with Gasteiger partial charge in [0.15, 0.2) is 5.82 Å². The Morgan fingerprint density at radius 2 is 2.05 bits per heavy atom. The smallest absolute Gasteiger partial charge is 0.151 e. The maximum atomic E-state index is 9.73. The predicted molar refractivity (Wildman–Crippen MR) is 87.9 cm³/mol. The average molecular weight is 333 g/mol. The van der Waals surface area contributed by atoms with E-state index in [0.29, 0.717) is 15.9 Å². The number of nitriles is 1. The fourth-order valence-corrected chi connectivity index (χ4v) is 3.32. The van der Waals surface area contributed by atoms with Crippen molar-refractivity contribution in [1.82, 2.24) is 10.2 Å². The molecule has 0 amide bonds. The monoisotopic (exact) mass is 332 g/mol. The Hall–Kier alpha value is -1.83. The summed E-state index contributed by atoms with van der Waals surface area (Å²) in [5.41, 5.74) is 2.54. The lowest BCUT2D eigenvalue weighted by atomic mass is 9.75. The minimum atomic E-state index is -0.388. The van der Waals surface area contributed by atoms with E-state index in [1.54, 1.807) is 12.3 Å². The number of hydrogen-bond donors (Lipinski definition) is 1. The van der Waals surface area contributed by atoms with Gasteiger partial charge in [-0.05, 0) is 17.5 Å². The van der Waals surface area contributed by atoms with Crippen LogP contribution in [0.3, 0.4) is 0 Å². The van der Waals surface area contributed by atoms with E-state index in [-0.39, 0.29) is 17.8 Å². The number of aliphatic imine (C=N–C) groups is 1. The highest BCUT2D eigenvalue weighted by atomic mass is 35.5. The summed E-state index contributed by atoms with van der Waals surface area (Å²) in [6.45, 7) is 4.06. The second kappa shape index (κ2) is 5.75. The van der Waals surface area contributed by atoms with E-state index >= 15 is 0 Å². The Labute approximate surface area is 138 Å². The highest BCUT2D eigenvalue weighted by Crippen LogP contribution is 2.45. The molecule has 2 heterocycles. The van der Waals surface area contributed by atoms with Gasteiger partial charge >= 0.3 is 0 Å². The third-order valence-electron chi connectivity index (χ3n) is 3.92. The highest BCUT2D eigenvalue weighted by molar-refractivity contribution is 6.42. The van der Waals surface area contributed by atoms with Gasteiger partial charge < -0.3 is 0 Å². The van der Waals surface area contributed by atoms with E-state index in [2.05, 4.69) is 21.3 Å². The van der Waals surface area contributed by atoms with Gasteiger partial charge in [0.1, 0.15) is 0 Å². The topological polar surface area (TPSA) is 64.8 Å². The van der Waals surface area contributed by atoms with E-state index < -0.39 is 0 Å². The molecule has 1 aromatic carbocycles. The molecule has 0 fully saturated rings. The van der Waals surface area contributed by atoms with Crippen LogP contribution in [0.15, 0.2) is 29.4 Å². The molecule has 2 aromatic rings. The molecule has 1 aromatic heterocycles. The van der Waals surface area contributed by atoms with Crippen LogP contribution in [0.5, 0.6) is 0 Å². The number of aromatic nitrogens is 2. The zero-order valence-corrected chi connectivity index (χ0v) is 13.7. The summed E-state index contributed by atoms with van der Waals surface area (Å²) in [5.74, 6) is 0.235. The molecule has 0 bridgehead atoms. The van der Waals surface area contributed by atoms with E-state index in [0.717, 1.165) is 16.8 Å². The molecule has 0 saturated heterocycles. The van der Waals surface area contributed by atoms with Crippen LogP contribution >= 0.6 is 23.2 Å². The fraction of sp³-hybridized carbons (Fsp3) is 0.312. The third-order valence-corrected chi connectivity index (χ3v) is 4.76. The first-order chi connectivity index (χ1) is 10.5. The molecule has 2 unspecified atom stereocenters. The summed E-state index contributed by atoms with van der Waals surface area (Å²) >= 11 is 12.6. The molecule has 1 aliphatic rings. The molecule has 0 radical (unpaired) electrons. The zero-order chi connectivity index (χ0) is 15.9. The van der Waals surface area contributed by atoms with Crippen LogP contribution in [0.1, 0.15) is 30.9 Å². The fourth-order valence-electron chi connectivity index (χ4n) is 2.89. The van der Waals surface area contributed by atoms with Crippen molar-refractivity contribution in [2.75, 3.05) is 0 Å². The quantitative estimate of drug-likeness (QED) is 0.863. The Morgan fingerprint density at radius 3 is 2.73 bits per heavy atom. The lowest BCUT2D eigenvalue weighted by Crippen LogP contribution is -2.28. The molecule has 1 aliphatic heterocycles. The number of rotatable bonds is 2. The molecule has 4 nitrogen and oxygen atoms in total. The molecule has 22 heavy (non-hydrogen) atoms. The normalized spacial score (nSPS) is 20.5. The first-order valence-corrected chi connectivity index (χ1v) is 7.75. The van der Waals surface area contributed by atoms with Crippen LogP contribution < -0.4 is 0 Å². The summed E-state index contributed by atoms with van der Waals surface area (Å²) in [6, 6.07) is 7.88. The number of benzene rings is 1. The van der Waals surface area contributed by atoms with E-state index in [9.17, 15) is 5.26 Å². The predicted octanol–water partition coefficient (Wildman–Crippen LogP) is 4.73. The van der Waals surface area contributed by atoms with Gasteiger partial charge in [0.25, 0.3) is 0 Å². The molecule has 1 N–H and O–H groups in total. The molecule has 2 atom stereocenters. The largest absolute Gasteiger partial charge is 0.261 e. The number of fused-ring (bicyclic) bond motifs is 1. The number of H-pyrrole nitrogens is 1. The van der Waals surface area contributed by atoms with Crippen molar-refractivity contribution in [1.29, 1.82) is 5.26 Å². The van der Waals surface area contributed by atoms with Gasteiger partial charge in [-0.15, -0.1) is 0 Å². The zero-order valence-electron chi connectivity index (χ0n) is 12.1. The van der Waals surface area contributed by atoms with E-state index in [4.69, 9.17) is 23.2 Å². The van der Waals surface area contributed by atoms with Crippen molar-refractivity contribution in [3.8, 4) is 6.07 Å². The summed E-state index contributed by atoms with van der Waals surface area (Å²) in [4.78, 5) is 4.59. The molecule has 6 heteroatoms. The van der Waals surface area contributed by atoms with Gasteiger partial charge in [-0.2, -0.15) is 10.4 Å². The van der Waals surface area contributed by atoms with E-state index in [1.807, 2.05) is 26.0 Å². The van der Waals surface area contributed by atoms with Gasteiger partial charge in [0.2, 0.25) is 0 Å². The molecule has 0 saturated carbocycles. The van der Waals surface area contributed by atoms with Crippen LogP contribution in [-0.2, 0) is 0 Å². The van der Waals surface area contributed by atoms with E-state index in [1.165, 1.54) is 0 Å². The second-order valence-corrected chi connectivity index (χ2v) is 6.38. The maximum absolute atomic E-state index is 9.73. The second-order valence-electron chi connectivity index (χ2n) is 5.59. The Bertz CT molecular complexity index is 786. The SMILES string of the molecule is CC(C)C1=Nc2[nH]ncc2C(c2cccc(Cl)c2Cl)C1C#N. The van der Waals surface area contributed by atoms with Crippen LogP contribution in [0, 0.1) is 23.2 Å². The van der Waals surface area contributed by atoms with Crippen LogP contribution in [-0.4, -0.2) is 15.9 Å². The number of halogens is 2. The number of nitrogens with one attached hydrogen (secondary N) is 1. The first-order valence-electron chi connectivity index (χ1n) is 6.99. The van der Waals surface area contributed by atoms with Crippen molar-refractivity contribution in [2.24, 2.45) is 16.8 Å². The highest BCUT2D eigenvalue weighted by Gasteiger charge is 2.37. The lowest BCUT2D eigenvalue weighted by molar-refractivity contribution is 0.673. The van der Waals surface area contributed by atoms with Crippen LogP contribution in [0.25, 0.3) is 0 Å². The molecular weight excluding hydrogens is 319 g/mol.